The SMILES string of the molecule is [Yb].[cH-]1[cH-][cH-][cH-][cH-]1.c1cc[cH-]c1. The molecule has 0 aliphatic heterocycles. The molecule has 70 valence electrons. The van der Waals surface area contributed by atoms with Gasteiger partial charge in [-0.05, 0) is 0 Å². The van der Waals surface area contributed by atoms with E-state index in [4.69, 9.17) is 0 Å². The molecule has 0 aromatic heterocycles. The summed E-state index contributed by atoms with van der Waals surface area (Å²) in [5, 5.41) is 0. The first-order chi connectivity index (χ1) is 5.00. The Labute approximate surface area is 106 Å². The van der Waals surface area contributed by atoms with Crippen LogP contribution in [0.4, 0.5) is 0 Å². The molecule has 0 amide bonds. The molecule has 0 saturated carbocycles. The molecular formula is C10H10Yb-6. The molecule has 2 aromatic carbocycles. The molecule has 0 saturated heterocycles. The van der Waals surface area contributed by atoms with E-state index in [0.717, 1.165) is 0 Å². The van der Waals surface area contributed by atoms with Crippen LogP contribution in [0, 0.1) is 46.9 Å². The molecule has 0 aliphatic rings. The predicted octanol–water partition coefficient (Wildman–Crippen LogP) is 2.81. The van der Waals surface area contributed by atoms with E-state index >= 15 is 0 Å². The van der Waals surface area contributed by atoms with Gasteiger partial charge in [-0.15, -0.1) is 0 Å². The van der Waals surface area contributed by atoms with Gasteiger partial charge in [0.2, 0.25) is 0 Å². The molecule has 0 bridgehead atoms. The topological polar surface area (TPSA) is 0 Å². The zero-order valence-electron chi connectivity index (χ0n) is 6.04. The maximum absolute atomic E-state index is 2.00. The third kappa shape index (κ3) is 6.61. The number of rotatable bonds is 0. The van der Waals surface area contributed by atoms with Gasteiger partial charge in [-0.25, -0.2) is 12.1 Å². The summed E-state index contributed by atoms with van der Waals surface area (Å²) in [6.45, 7) is 0. The van der Waals surface area contributed by atoms with Gasteiger partial charge in [-0.3, -0.25) is 0 Å². The Morgan fingerprint density at radius 1 is 0.636 bits per heavy atom. The minimum atomic E-state index is 0. The van der Waals surface area contributed by atoms with Crippen molar-refractivity contribution in [3.05, 3.63) is 60.7 Å². The standard InChI is InChI=1S/2C5H5.Yb/c2*1-2-4-5-3-1;/h2*1-5H;/q-5;-1;. The molecule has 2 rings (SSSR count). The van der Waals surface area contributed by atoms with E-state index in [1.807, 2.05) is 60.7 Å². The van der Waals surface area contributed by atoms with Gasteiger partial charge in [0.15, 0.2) is 0 Å². The fourth-order valence-corrected chi connectivity index (χ4v) is 0.642. The molecule has 0 atom stereocenters. The third-order valence-corrected chi connectivity index (χ3v) is 1.11. The summed E-state index contributed by atoms with van der Waals surface area (Å²) in [6, 6.07) is 20.0. The van der Waals surface area contributed by atoms with Crippen LogP contribution in [0.15, 0.2) is 60.7 Å². The molecule has 2 aromatic rings. The van der Waals surface area contributed by atoms with Crippen LogP contribution in [0.3, 0.4) is 0 Å². The van der Waals surface area contributed by atoms with Gasteiger partial charge in [0.05, 0.1) is 0 Å². The molecule has 11 heavy (non-hydrogen) atoms. The van der Waals surface area contributed by atoms with E-state index in [9.17, 15) is 0 Å². The maximum Gasteiger partial charge on any atom is 0 e. The summed E-state index contributed by atoms with van der Waals surface area (Å²) in [5.74, 6) is 0. The molecule has 0 aliphatic carbocycles. The minimum Gasteiger partial charge on any atom is -0.748 e. The Kier molecular flexibility index (Phi) is 8.48. The van der Waals surface area contributed by atoms with E-state index in [1.54, 1.807) is 0 Å². The van der Waals surface area contributed by atoms with Crippen molar-refractivity contribution in [3.8, 4) is 0 Å². The van der Waals surface area contributed by atoms with E-state index in [0.29, 0.717) is 0 Å². The molecule has 0 heterocycles. The van der Waals surface area contributed by atoms with Crippen LogP contribution in [0.2, 0.25) is 0 Å². The second-order valence-corrected chi connectivity index (χ2v) is 1.92. The molecular weight excluding hydrogens is 293 g/mol. The van der Waals surface area contributed by atoms with Gasteiger partial charge in [-0.1, -0.05) is 0 Å². The molecule has 0 unspecified atom stereocenters. The van der Waals surface area contributed by atoms with Crippen molar-refractivity contribution in [2.45, 2.75) is 0 Å². The Bertz CT molecular complexity index is 144. The van der Waals surface area contributed by atoms with Gasteiger partial charge in [0.25, 0.3) is 0 Å². The summed E-state index contributed by atoms with van der Waals surface area (Å²) < 4.78 is 0. The van der Waals surface area contributed by atoms with Crippen LogP contribution >= 0.6 is 0 Å². The molecule has 0 fully saturated rings. The van der Waals surface area contributed by atoms with Gasteiger partial charge < -0.3 is 30.3 Å². The summed E-state index contributed by atoms with van der Waals surface area (Å²) in [7, 11) is 0. The predicted molar refractivity (Wildman–Crippen MR) is 44.1 cm³/mol. The van der Waals surface area contributed by atoms with Crippen molar-refractivity contribution in [2.75, 3.05) is 0 Å². The van der Waals surface area contributed by atoms with Crippen molar-refractivity contribution in [3.63, 3.8) is 0 Å². The van der Waals surface area contributed by atoms with Gasteiger partial charge >= 0.3 is 0 Å². The van der Waals surface area contributed by atoms with Gasteiger partial charge in [0, 0.05) is 46.9 Å². The second kappa shape index (κ2) is 8.32. The average molecular weight is 303 g/mol. The van der Waals surface area contributed by atoms with E-state index in [2.05, 4.69) is 0 Å². The second-order valence-electron chi connectivity index (χ2n) is 1.92. The fourth-order valence-electron chi connectivity index (χ4n) is 0.642. The zero-order valence-corrected chi connectivity index (χ0v) is 7.76. The third-order valence-electron chi connectivity index (χ3n) is 1.11. The van der Waals surface area contributed by atoms with Crippen LogP contribution < -0.4 is 0 Å². The molecule has 0 radical (unpaired) electrons. The minimum absolute atomic E-state index is 0. The van der Waals surface area contributed by atoms with E-state index < -0.39 is 0 Å². The zero-order chi connectivity index (χ0) is 7.07. The summed E-state index contributed by atoms with van der Waals surface area (Å²) in [6.07, 6.45) is 0. The quantitative estimate of drug-likeness (QED) is 0.657. The Hall–Kier alpha value is 0.219. The van der Waals surface area contributed by atoms with Crippen molar-refractivity contribution >= 4 is 0 Å². The average Bonchev–Trinajstić information content (AvgIpc) is 2.67. The first-order valence-electron chi connectivity index (χ1n) is 3.33. The maximum atomic E-state index is 2.00. The Balaban J connectivity index is 0.000000167. The fraction of sp³-hybridized carbons (Fsp3) is 0. The van der Waals surface area contributed by atoms with Crippen LogP contribution in [0.25, 0.3) is 0 Å². The largest absolute Gasteiger partial charge is 0.748 e. The van der Waals surface area contributed by atoms with Crippen molar-refractivity contribution < 1.29 is 46.9 Å². The first kappa shape index (κ1) is 11.2. The molecule has 0 nitrogen and oxygen atoms in total. The van der Waals surface area contributed by atoms with Crippen molar-refractivity contribution in [1.82, 2.24) is 0 Å². The summed E-state index contributed by atoms with van der Waals surface area (Å²) >= 11 is 0. The summed E-state index contributed by atoms with van der Waals surface area (Å²) in [5.41, 5.74) is 0. The normalized spacial score (nSPS) is 7.27. The Morgan fingerprint density at radius 2 is 1.00 bits per heavy atom. The Morgan fingerprint density at radius 3 is 1.18 bits per heavy atom. The molecule has 0 spiro atoms. The van der Waals surface area contributed by atoms with E-state index in [1.165, 1.54) is 0 Å². The van der Waals surface area contributed by atoms with Crippen LogP contribution in [0.1, 0.15) is 0 Å². The van der Waals surface area contributed by atoms with Crippen molar-refractivity contribution in [1.29, 1.82) is 0 Å². The monoisotopic (exact) mass is 304 g/mol. The van der Waals surface area contributed by atoms with Crippen molar-refractivity contribution in [2.24, 2.45) is 0 Å². The number of hydrogen-bond acceptors (Lipinski definition) is 0. The summed E-state index contributed by atoms with van der Waals surface area (Å²) in [4.78, 5) is 0. The van der Waals surface area contributed by atoms with Crippen LogP contribution in [-0.4, -0.2) is 0 Å². The number of hydrogen-bond donors (Lipinski definition) is 0. The van der Waals surface area contributed by atoms with Crippen LogP contribution in [-0.2, 0) is 0 Å². The van der Waals surface area contributed by atoms with E-state index in [-0.39, 0.29) is 46.9 Å². The van der Waals surface area contributed by atoms with Gasteiger partial charge in [0.1, 0.15) is 0 Å². The smallest absolute Gasteiger partial charge is 0 e. The molecule has 1 heteroatoms. The van der Waals surface area contributed by atoms with Crippen LogP contribution in [0.5, 0.6) is 0 Å². The molecule has 0 N–H and O–H groups in total. The first-order valence-corrected chi connectivity index (χ1v) is 3.33. The van der Waals surface area contributed by atoms with Gasteiger partial charge in [-0.2, -0.15) is 18.2 Å².